The van der Waals surface area contributed by atoms with Crippen molar-refractivity contribution in [1.29, 1.82) is 0 Å². The van der Waals surface area contributed by atoms with Gasteiger partial charge in [0.1, 0.15) is 12.6 Å². The van der Waals surface area contributed by atoms with Crippen LogP contribution in [0.1, 0.15) is 55.7 Å². The van der Waals surface area contributed by atoms with Gasteiger partial charge in [-0.25, -0.2) is 8.42 Å². The van der Waals surface area contributed by atoms with E-state index in [1.54, 1.807) is 43.3 Å². The predicted octanol–water partition coefficient (Wildman–Crippen LogP) is 6.02. The van der Waals surface area contributed by atoms with Crippen LogP contribution in [0, 0.1) is 13.8 Å². The third-order valence-corrected chi connectivity index (χ3v) is 9.61. The molecule has 1 saturated carbocycles. The molecule has 0 bridgehead atoms. The van der Waals surface area contributed by atoms with Gasteiger partial charge in [0.05, 0.1) is 10.6 Å². The van der Waals surface area contributed by atoms with Gasteiger partial charge in [0, 0.05) is 17.6 Å². The van der Waals surface area contributed by atoms with Crippen molar-refractivity contribution < 1.29 is 18.0 Å². The highest BCUT2D eigenvalue weighted by molar-refractivity contribution is 7.92. The smallest absolute Gasteiger partial charge is 0.264 e. The lowest BCUT2D eigenvalue weighted by molar-refractivity contribution is -0.140. The van der Waals surface area contributed by atoms with Crippen molar-refractivity contribution >= 4 is 39.1 Å². The highest BCUT2D eigenvalue weighted by Crippen LogP contribution is 2.29. The summed E-state index contributed by atoms with van der Waals surface area (Å²) in [6, 6.07) is 20.0. The number of carbonyl (C=O) groups is 2. The second kappa shape index (κ2) is 13.5. The van der Waals surface area contributed by atoms with E-state index in [-0.39, 0.29) is 23.4 Å². The molecule has 9 heteroatoms. The third kappa shape index (κ3) is 7.49. The van der Waals surface area contributed by atoms with Gasteiger partial charge in [0.2, 0.25) is 11.8 Å². The van der Waals surface area contributed by atoms with Gasteiger partial charge in [0.25, 0.3) is 10.0 Å². The Morgan fingerprint density at radius 2 is 1.63 bits per heavy atom. The van der Waals surface area contributed by atoms with E-state index in [9.17, 15) is 18.0 Å². The monoisotopic (exact) mass is 595 g/mol. The molecular weight excluding hydrogens is 558 g/mol. The number of anilines is 1. The predicted molar refractivity (Wildman–Crippen MR) is 163 cm³/mol. The van der Waals surface area contributed by atoms with Crippen molar-refractivity contribution in [2.45, 2.75) is 76.4 Å². The first kappa shape index (κ1) is 30.6. The Bertz CT molecular complexity index is 1460. The molecule has 7 nitrogen and oxygen atoms in total. The number of halogens is 1. The van der Waals surface area contributed by atoms with E-state index in [0.717, 1.165) is 41.1 Å². The number of nitrogens with one attached hydrogen (secondary N) is 1. The average Bonchev–Trinajstić information content (AvgIpc) is 3.46. The number of sulfonamides is 1. The number of carbonyl (C=O) groups excluding carboxylic acids is 2. The van der Waals surface area contributed by atoms with Gasteiger partial charge in [-0.1, -0.05) is 79.4 Å². The Hall–Kier alpha value is -3.36. The molecule has 1 aliphatic rings. The molecule has 0 spiro atoms. The number of aryl methyl sites for hydroxylation is 2. The Balaban J connectivity index is 1.72. The van der Waals surface area contributed by atoms with Gasteiger partial charge in [-0.05, 0) is 74.6 Å². The fraction of sp³-hybridized carbons (Fsp3) is 0.375. The zero-order chi connectivity index (χ0) is 29.6. The number of nitrogens with zero attached hydrogens (tertiary/aromatic N) is 2. The Kier molecular flexibility index (Phi) is 10.1. The van der Waals surface area contributed by atoms with Crippen LogP contribution in [0.2, 0.25) is 5.02 Å². The molecule has 0 aromatic heterocycles. The molecule has 0 saturated heterocycles. The molecule has 1 aliphatic carbocycles. The molecule has 1 fully saturated rings. The van der Waals surface area contributed by atoms with Gasteiger partial charge < -0.3 is 10.2 Å². The molecular formula is C32H38ClN3O4S. The van der Waals surface area contributed by atoms with Crippen LogP contribution in [0.15, 0.2) is 77.7 Å². The lowest BCUT2D eigenvalue weighted by Crippen LogP contribution is -2.53. The molecule has 1 N–H and O–H groups in total. The first-order valence-corrected chi connectivity index (χ1v) is 15.9. The second-order valence-electron chi connectivity index (χ2n) is 10.7. The number of amides is 2. The first-order chi connectivity index (χ1) is 19.6. The topological polar surface area (TPSA) is 86.8 Å². The van der Waals surface area contributed by atoms with Crippen molar-refractivity contribution in [3.8, 4) is 0 Å². The van der Waals surface area contributed by atoms with E-state index >= 15 is 0 Å². The average molecular weight is 596 g/mol. The minimum atomic E-state index is -4.13. The highest BCUT2D eigenvalue weighted by Gasteiger charge is 2.35. The maximum Gasteiger partial charge on any atom is 0.264 e. The Morgan fingerprint density at radius 1 is 0.976 bits per heavy atom. The molecule has 3 aromatic rings. The highest BCUT2D eigenvalue weighted by atomic mass is 35.5. The van der Waals surface area contributed by atoms with Crippen molar-refractivity contribution in [2.24, 2.45) is 0 Å². The van der Waals surface area contributed by atoms with E-state index in [2.05, 4.69) is 5.32 Å². The van der Waals surface area contributed by atoms with Gasteiger partial charge in [0.15, 0.2) is 0 Å². The summed E-state index contributed by atoms with van der Waals surface area (Å²) in [5.74, 6) is -0.673. The summed E-state index contributed by atoms with van der Waals surface area (Å²) in [6.07, 6.45) is 4.38. The van der Waals surface area contributed by atoms with Crippen molar-refractivity contribution in [3.05, 3.63) is 94.5 Å². The summed E-state index contributed by atoms with van der Waals surface area (Å²) in [6.45, 7) is 5.31. The summed E-state index contributed by atoms with van der Waals surface area (Å²) < 4.78 is 29.1. The van der Waals surface area contributed by atoms with Gasteiger partial charge >= 0.3 is 0 Å². The minimum Gasteiger partial charge on any atom is -0.352 e. The molecule has 4 rings (SSSR count). The normalized spacial score (nSPS) is 14.4. The number of rotatable bonds is 11. The lowest BCUT2D eigenvalue weighted by atomic mass is 10.1. The zero-order valence-electron chi connectivity index (χ0n) is 23.8. The summed E-state index contributed by atoms with van der Waals surface area (Å²) in [5.41, 5.74) is 2.90. The fourth-order valence-corrected chi connectivity index (χ4v) is 7.04. The zero-order valence-corrected chi connectivity index (χ0v) is 25.4. The molecule has 0 heterocycles. The molecule has 2 amide bonds. The Morgan fingerprint density at radius 3 is 2.24 bits per heavy atom. The molecule has 3 aromatic carbocycles. The van der Waals surface area contributed by atoms with Gasteiger partial charge in [-0.2, -0.15) is 0 Å². The molecule has 0 radical (unpaired) electrons. The van der Waals surface area contributed by atoms with Crippen LogP contribution in [0.25, 0.3) is 0 Å². The van der Waals surface area contributed by atoms with Crippen LogP contribution in [0.4, 0.5) is 5.69 Å². The van der Waals surface area contributed by atoms with Crippen molar-refractivity contribution in [1.82, 2.24) is 10.2 Å². The molecule has 1 atom stereocenters. The fourth-order valence-electron chi connectivity index (χ4n) is 5.31. The van der Waals surface area contributed by atoms with Gasteiger partial charge in [-0.3, -0.25) is 13.9 Å². The maximum atomic E-state index is 14.2. The van der Waals surface area contributed by atoms with Crippen LogP contribution >= 0.6 is 11.6 Å². The van der Waals surface area contributed by atoms with Crippen LogP contribution in [-0.2, 0) is 26.2 Å². The summed E-state index contributed by atoms with van der Waals surface area (Å²) in [4.78, 5) is 29.3. The van der Waals surface area contributed by atoms with Crippen LogP contribution < -0.4 is 9.62 Å². The van der Waals surface area contributed by atoms with Gasteiger partial charge in [-0.15, -0.1) is 0 Å². The van der Waals surface area contributed by atoms with E-state index in [1.165, 1.54) is 17.0 Å². The largest absolute Gasteiger partial charge is 0.352 e. The number of benzene rings is 3. The van der Waals surface area contributed by atoms with E-state index in [1.807, 2.05) is 38.1 Å². The van der Waals surface area contributed by atoms with Crippen LogP contribution in [0.3, 0.4) is 0 Å². The molecule has 0 unspecified atom stereocenters. The molecule has 0 aliphatic heterocycles. The van der Waals surface area contributed by atoms with Crippen molar-refractivity contribution in [3.63, 3.8) is 0 Å². The Labute approximate surface area is 248 Å². The summed E-state index contributed by atoms with van der Waals surface area (Å²) in [7, 11) is -4.13. The lowest BCUT2D eigenvalue weighted by Gasteiger charge is -2.34. The van der Waals surface area contributed by atoms with Crippen molar-refractivity contribution in [2.75, 3.05) is 10.8 Å². The van der Waals surface area contributed by atoms with Crippen LogP contribution in [0.5, 0.6) is 0 Å². The molecule has 41 heavy (non-hydrogen) atoms. The van der Waals surface area contributed by atoms with E-state index < -0.39 is 28.5 Å². The van der Waals surface area contributed by atoms with E-state index in [4.69, 9.17) is 11.6 Å². The number of hydrogen-bond donors (Lipinski definition) is 1. The third-order valence-electron chi connectivity index (χ3n) is 7.60. The number of hydrogen-bond acceptors (Lipinski definition) is 4. The minimum absolute atomic E-state index is 0.0678. The standard InChI is InChI=1S/C32H38ClN3O4S/c1-4-29(32(38)34-27-10-8-9-11-27)35(21-25-16-14-23(2)15-17-25)31(37)22-36(30-19-18-26(33)20-24(30)3)41(39,40)28-12-6-5-7-13-28/h5-7,12-20,27,29H,4,8-11,21-22H2,1-3H3,(H,34,38)/t29-/m0/s1. The quantitative estimate of drug-likeness (QED) is 0.294. The van der Waals surface area contributed by atoms with Crippen LogP contribution in [-0.4, -0.2) is 43.8 Å². The second-order valence-corrected chi connectivity index (χ2v) is 13.0. The molecule has 218 valence electrons. The SMILES string of the molecule is CC[C@@H](C(=O)NC1CCCC1)N(Cc1ccc(C)cc1)C(=O)CN(c1ccc(Cl)cc1C)S(=O)(=O)c1ccccc1. The first-order valence-electron chi connectivity index (χ1n) is 14.1. The maximum absolute atomic E-state index is 14.2. The summed E-state index contributed by atoms with van der Waals surface area (Å²) >= 11 is 6.19. The summed E-state index contributed by atoms with van der Waals surface area (Å²) in [5, 5.41) is 3.60. The van der Waals surface area contributed by atoms with E-state index in [0.29, 0.717) is 22.7 Å².